The molecule has 1 aromatic carbocycles. The van der Waals surface area contributed by atoms with Crippen molar-refractivity contribution in [2.45, 2.75) is 6.92 Å². The first-order valence-corrected chi connectivity index (χ1v) is 5.98. The number of carboxylic acids is 1. The third-order valence-electron chi connectivity index (χ3n) is 2.62. The summed E-state index contributed by atoms with van der Waals surface area (Å²) >= 11 is 0. The van der Waals surface area contributed by atoms with Gasteiger partial charge in [0.25, 0.3) is 5.69 Å². The lowest BCUT2D eigenvalue weighted by Gasteiger charge is -2.19. The number of nitrogens with one attached hydrogen (secondary N) is 1. The normalized spacial score (nSPS) is 9.76. The third kappa shape index (κ3) is 4.60. The van der Waals surface area contributed by atoms with Crippen LogP contribution in [-0.2, 0) is 4.79 Å². The monoisotopic (exact) mass is 293 g/mol. The number of carboxylic acid groups (broad SMARTS) is 1. The van der Waals surface area contributed by atoms with E-state index in [1.165, 1.54) is 24.3 Å². The molecule has 0 aliphatic carbocycles. The van der Waals surface area contributed by atoms with E-state index in [1.807, 2.05) is 0 Å². The van der Waals surface area contributed by atoms with Crippen molar-refractivity contribution in [2.24, 2.45) is 0 Å². The zero-order valence-electron chi connectivity index (χ0n) is 11.4. The Hall–Kier alpha value is -2.90. The number of nitrogens with zero attached hydrogens (tertiary/aromatic N) is 2. The number of carbonyl (C=O) groups excluding carboxylic acids is 1. The van der Waals surface area contributed by atoms with Crippen LogP contribution in [0.1, 0.15) is 5.56 Å². The summed E-state index contributed by atoms with van der Waals surface area (Å²) in [5, 5.41) is 22.0. The minimum absolute atomic E-state index is 0.0477. The van der Waals surface area contributed by atoms with E-state index >= 15 is 0 Å². The lowest BCUT2D eigenvalue weighted by Crippen LogP contribution is -2.38. The van der Waals surface area contributed by atoms with Crippen LogP contribution in [0.25, 0.3) is 0 Å². The van der Waals surface area contributed by atoms with Crippen LogP contribution < -0.4 is 5.32 Å². The minimum atomic E-state index is -1.16. The van der Waals surface area contributed by atoms with Gasteiger partial charge in [0, 0.05) is 23.9 Å². The van der Waals surface area contributed by atoms with Crippen molar-refractivity contribution in [1.82, 2.24) is 4.90 Å². The van der Waals surface area contributed by atoms with Crippen LogP contribution in [0.4, 0.5) is 16.2 Å². The second-order valence-corrected chi connectivity index (χ2v) is 4.25. The van der Waals surface area contributed by atoms with E-state index in [2.05, 4.69) is 11.9 Å². The molecule has 1 rings (SSSR count). The molecular formula is C13H15N3O5. The summed E-state index contributed by atoms with van der Waals surface area (Å²) in [6, 6.07) is 3.56. The Kier molecular flexibility index (Phi) is 5.41. The zero-order valence-corrected chi connectivity index (χ0v) is 11.4. The highest BCUT2D eigenvalue weighted by molar-refractivity contribution is 5.91. The topological polar surface area (TPSA) is 113 Å². The van der Waals surface area contributed by atoms with E-state index in [0.29, 0.717) is 5.56 Å². The van der Waals surface area contributed by atoms with Crippen LogP contribution in [-0.4, -0.2) is 40.0 Å². The quantitative estimate of drug-likeness (QED) is 0.473. The van der Waals surface area contributed by atoms with Crippen molar-refractivity contribution in [1.29, 1.82) is 0 Å². The first kappa shape index (κ1) is 16.2. The number of aliphatic carboxylic acids is 1. The van der Waals surface area contributed by atoms with Gasteiger partial charge in [0.15, 0.2) is 0 Å². The number of nitro benzene ring substituents is 1. The van der Waals surface area contributed by atoms with E-state index in [9.17, 15) is 19.7 Å². The van der Waals surface area contributed by atoms with Gasteiger partial charge in [-0.25, -0.2) is 4.79 Å². The van der Waals surface area contributed by atoms with E-state index in [4.69, 9.17) is 5.11 Å². The first-order chi connectivity index (χ1) is 9.85. The second-order valence-electron chi connectivity index (χ2n) is 4.25. The Morgan fingerprint density at radius 1 is 1.52 bits per heavy atom. The molecule has 0 aromatic heterocycles. The fourth-order valence-corrected chi connectivity index (χ4v) is 1.62. The van der Waals surface area contributed by atoms with Gasteiger partial charge in [-0.2, -0.15) is 0 Å². The van der Waals surface area contributed by atoms with Gasteiger partial charge < -0.3 is 15.3 Å². The van der Waals surface area contributed by atoms with Gasteiger partial charge in [0.05, 0.1) is 4.92 Å². The molecule has 2 amide bonds. The van der Waals surface area contributed by atoms with E-state index in [0.717, 1.165) is 4.90 Å². The molecule has 0 saturated heterocycles. The molecule has 0 unspecified atom stereocenters. The van der Waals surface area contributed by atoms with Gasteiger partial charge in [-0.1, -0.05) is 12.1 Å². The SMILES string of the molecule is C=CCN(CC(=O)O)C(=O)Nc1ccc(C)c([N+](=O)[O-])c1. The highest BCUT2D eigenvalue weighted by atomic mass is 16.6. The Bertz CT molecular complexity index is 585. The van der Waals surface area contributed by atoms with Crippen LogP contribution in [0.5, 0.6) is 0 Å². The van der Waals surface area contributed by atoms with Crippen LogP contribution in [0, 0.1) is 17.0 Å². The fourth-order valence-electron chi connectivity index (χ4n) is 1.62. The fraction of sp³-hybridized carbons (Fsp3) is 0.231. The van der Waals surface area contributed by atoms with Gasteiger partial charge in [-0.15, -0.1) is 6.58 Å². The number of urea groups is 1. The predicted molar refractivity (Wildman–Crippen MR) is 76.3 cm³/mol. The summed E-state index contributed by atoms with van der Waals surface area (Å²) in [6.45, 7) is 4.58. The van der Waals surface area contributed by atoms with Gasteiger partial charge in [0.2, 0.25) is 0 Å². The number of carbonyl (C=O) groups is 2. The summed E-state index contributed by atoms with van der Waals surface area (Å²) < 4.78 is 0. The molecule has 0 atom stereocenters. The highest BCUT2D eigenvalue weighted by Crippen LogP contribution is 2.22. The van der Waals surface area contributed by atoms with E-state index < -0.39 is 23.5 Å². The number of rotatable bonds is 6. The van der Waals surface area contributed by atoms with Crippen molar-refractivity contribution < 1.29 is 19.6 Å². The van der Waals surface area contributed by atoms with Crippen LogP contribution in [0.3, 0.4) is 0 Å². The molecule has 21 heavy (non-hydrogen) atoms. The summed E-state index contributed by atoms with van der Waals surface area (Å²) in [5.41, 5.74) is 0.560. The first-order valence-electron chi connectivity index (χ1n) is 5.98. The van der Waals surface area contributed by atoms with Gasteiger partial charge in [0.1, 0.15) is 6.54 Å². The number of nitro groups is 1. The largest absolute Gasteiger partial charge is 0.480 e. The molecule has 0 spiro atoms. The number of aryl methyl sites for hydroxylation is 1. The molecule has 1 aromatic rings. The molecule has 0 aliphatic heterocycles. The molecular weight excluding hydrogens is 278 g/mol. The Morgan fingerprint density at radius 3 is 2.71 bits per heavy atom. The molecule has 0 heterocycles. The van der Waals surface area contributed by atoms with Gasteiger partial charge in [-0.05, 0) is 13.0 Å². The Labute approximate surface area is 120 Å². The Balaban J connectivity index is 2.90. The molecule has 0 radical (unpaired) electrons. The second kappa shape index (κ2) is 7.04. The molecule has 0 fully saturated rings. The third-order valence-corrected chi connectivity index (χ3v) is 2.62. The summed E-state index contributed by atoms with van der Waals surface area (Å²) in [7, 11) is 0. The van der Waals surface area contributed by atoms with Crippen molar-refractivity contribution in [3.8, 4) is 0 Å². The van der Waals surface area contributed by atoms with E-state index in [1.54, 1.807) is 6.92 Å². The predicted octanol–water partition coefficient (Wildman–Crippen LogP) is 2.01. The lowest BCUT2D eigenvalue weighted by atomic mass is 10.2. The minimum Gasteiger partial charge on any atom is -0.480 e. The average Bonchev–Trinajstić information content (AvgIpc) is 2.39. The molecule has 112 valence electrons. The molecule has 0 bridgehead atoms. The number of amides is 2. The van der Waals surface area contributed by atoms with Crippen molar-refractivity contribution in [3.63, 3.8) is 0 Å². The number of benzene rings is 1. The van der Waals surface area contributed by atoms with Crippen LogP contribution in [0.15, 0.2) is 30.9 Å². The molecule has 8 heteroatoms. The highest BCUT2D eigenvalue weighted by Gasteiger charge is 2.17. The van der Waals surface area contributed by atoms with Crippen molar-refractivity contribution >= 4 is 23.4 Å². The van der Waals surface area contributed by atoms with Gasteiger partial charge in [-0.3, -0.25) is 14.9 Å². The number of anilines is 1. The van der Waals surface area contributed by atoms with E-state index in [-0.39, 0.29) is 17.9 Å². The lowest BCUT2D eigenvalue weighted by molar-refractivity contribution is -0.385. The Morgan fingerprint density at radius 2 is 2.19 bits per heavy atom. The summed E-state index contributed by atoms with van der Waals surface area (Å²) in [6.07, 6.45) is 1.39. The van der Waals surface area contributed by atoms with Crippen LogP contribution in [0.2, 0.25) is 0 Å². The smallest absolute Gasteiger partial charge is 0.323 e. The molecule has 0 aliphatic rings. The molecule has 0 saturated carbocycles. The van der Waals surface area contributed by atoms with Crippen molar-refractivity contribution in [3.05, 3.63) is 46.5 Å². The molecule has 2 N–H and O–H groups in total. The summed E-state index contributed by atoms with van der Waals surface area (Å²) in [4.78, 5) is 33.9. The standard InChI is InChI=1S/C13H15N3O5/c1-3-6-15(8-12(17)18)13(19)14-10-5-4-9(2)11(7-10)16(20)21/h3-5,7H,1,6,8H2,2H3,(H,14,19)(H,17,18). The maximum atomic E-state index is 11.9. The maximum absolute atomic E-state index is 11.9. The average molecular weight is 293 g/mol. The maximum Gasteiger partial charge on any atom is 0.323 e. The van der Waals surface area contributed by atoms with Gasteiger partial charge >= 0.3 is 12.0 Å². The summed E-state index contributed by atoms with van der Waals surface area (Å²) in [5.74, 6) is -1.16. The zero-order chi connectivity index (χ0) is 16.0. The number of hydrogen-bond donors (Lipinski definition) is 2. The number of hydrogen-bond acceptors (Lipinski definition) is 4. The molecule has 8 nitrogen and oxygen atoms in total. The van der Waals surface area contributed by atoms with Crippen molar-refractivity contribution in [2.75, 3.05) is 18.4 Å². The van der Waals surface area contributed by atoms with Crippen LogP contribution >= 0.6 is 0 Å².